The van der Waals surface area contributed by atoms with Crippen LogP contribution in [0, 0.1) is 18.7 Å². The minimum Gasteiger partial charge on any atom is -0.481 e. The molecule has 0 aromatic heterocycles. The molecule has 1 spiro atoms. The maximum atomic E-state index is 14.2. The minimum atomic E-state index is -0.696. The van der Waals surface area contributed by atoms with Crippen molar-refractivity contribution in [1.29, 1.82) is 0 Å². The Morgan fingerprint density at radius 2 is 1.93 bits per heavy atom. The highest BCUT2D eigenvalue weighted by Crippen LogP contribution is 2.61. The summed E-state index contributed by atoms with van der Waals surface area (Å²) in [4.78, 5) is 11.4. The van der Waals surface area contributed by atoms with Gasteiger partial charge in [-0.2, -0.15) is 0 Å². The van der Waals surface area contributed by atoms with Crippen molar-refractivity contribution in [3.8, 4) is 22.6 Å². The molecule has 1 fully saturated rings. The van der Waals surface area contributed by atoms with Crippen LogP contribution in [0.1, 0.15) is 29.5 Å². The molecular weight excluding hydrogens is 367 g/mol. The first-order valence-corrected chi connectivity index (χ1v) is 9.87. The molecule has 2 aliphatic rings. The molecular formula is C25H21FO3. The fourth-order valence-electron chi connectivity index (χ4n) is 4.75. The lowest BCUT2D eigenvalue weighted by molar-refractivity contribution is -0.139. The summed E-state index contributed by atoms with van der Waals surface area (Å²) >= 11 is 0. The smallest absolute Gasteiger partial charge is 0.307 e. The number of aryl methyl sites for hydroxylation is 2. The first-order valence-electron chi connectivity index (χ1n) is 9.87. The van der Waals surface area contributed by atoms with Crippen molar-refractivity contribution in [3.05, 3.63) is 83.2 Å². The third-order valence-electron chi connectivity index (χ3n) is 6.33. The number of benzene rings is 3. The average molecular weight is 388 g/mol. The fourth-order valence-corrected chi connectivity index (χ4v) is 4.75. The van der Waals surface area contributed by atoms with E-state index in [1.54, 1.807) is 6.07 Å². The van der Waals surface area contributed by atoms with Gasteiger partial charge in [-0.3, -0.25) is 4.79 Å². The molecule has 0 heterocycles. The van der Waals surface area contributed by atoms with Crippen LogP contribution in [0.5, 0.6) is 11.5 Å². The molecule has 0 radical (unpaired) electrons. The van der Waals surface area contributed by atoms with Crippen molar-refractivity contribution < 1.29 is 19.0 Å². The van der Waals surface area contributed by atoms with Crippen LogP contribution in [0.4, 0.5) is 4.39 Å². The number of carboxylic acid groups (broad SMARTS) is 1. The zero-order valence-corrected chi connectivity index (χ0v) is 16.1. The maximum Gasteiger partial charge on any atom is 0.307 e. The summed E-state index contributed by atoms with van der Waals surface area (Å²) in [6.45, 7) is 1.94. The molecule has 3 aromatic rings. The maximum absolute atomic E-state index is 14.2. The molecule has 0 unspecified atom stereocenters. The lowest BCUT2D eigenvalue weighted by Crippen LogP contribution is -2.11. The van der Waals surface area contributed by atoms with Crippen molar-refractivity contribution in [2.24, 2.45) is 5.92 Å². The second kappa shape index (κ2) is 6.45. The standard InChI is InChI=1S/C25H21FO3/c1-15-5-8-23(26)20(11-15)16-3-2-4-18(12-16)29-19-6-7-21-17(13-19)9-10-25(21)14-22(25)24(27)28/h2-8,11-13,22H,9-10,14H2,1H3,(H,27,28)/t22-,25-/m0/s1. The van der Waals surface area contributed by atoms with E-state index < -0.39 is 5.97 Å². The van der Waals surface area contributed by atoms with E-state index in [1.165, 1.54) is 11.6 Å². The molecule has 2 atom stereocenters. The van der Waals surface area contributed by atoms with Crippen LogP contribution < -0.4 is 4.74 Å². The molecule has 0 saturated heterocycles. The Hall–Kier alpha value is -3.14. The van der Waals surface area contributed by atoms with Gasteiger partial charge in [0, 0.05) is 11.0 Å². The van der Waals surface area contributed by atoms with E-state index in [4.69, 9.17) is 4.74 Å². The van der Waals surface area contributed by atoms with Crippen LogP contribution >= 0.6 is 0 Å². The van der Waals surface area contributed by atoms with Crippen molar-refractivity contribution >= 4 is 5.97 Å². The number of aliphatic carboxylic acids is 1. The third-order valence-corrected chi connectivity index (χ3v) is 6.33. The van der Waals surface area contributed by atoms with Crippen LogP contribution in [0.25, 0.3) is 11.1 Å². The number of carbonyl (C=O) groups is 1. The van der Waals surface area contributed by atoms with Crippen molar-refractivity contribution in [2.45, 2.75) is 31.6 Å². The van der Waals surface area contributed by atoms with Gasteiger partial charge in [-0.25, -0.2) is 4.39 Å². The molecule has 146 valence electrons. The van der Waals surface area contributed by atoms with Gasteiger partial charge in [-0.1, -0.05) is 29.8 Å². The molecule has 2 aliphatic carbocycles. The number of carboxylic acids is 1. The number of hydrogen-bond acceptors (Lipinski definition) is 2. The summed E-state index contributed by atoms with van der Waals surface area (Å²) in [6, 6.07) is 18.4. The summed E-state index contributed by atoms with van der Waals surface area (Å²) in [5.74, 6) is 0.156. The van der Waals surface area contributed by atoms with Gasteiger partial charge in [0.25, 0.3) is 0 Å². The highest BCUT2D eigenvalue weighted by molar-refractivity contribution is 5.78. The molecule has 5 rings (SSSR count). The molecule has 29 heavy (non-hydrogen) atoms. The summed E-state index contributed by atoms with van der Waals surface area (Å²) in [6.07, 6.45) is 2.51. The average Bonchev–Trinajstić information content (AvgIpc) is 3.34. The predicted molar refractivity (Wildman–Crippen MR) is 109 cm³/mol. The van der Waals surface area contributed by atoms with E-state index in [1.807, 2.05) is 55.5 Å². The van der Waals surface area contributed by atoms with Gasteiger partial charge in [0.05, 0.1) is 5.92 Å². The molecule has 1 N–H and O–H groups in total. The number of halogens is 1. The predicted octanol–water partition coefficient (Wildman–Crippen LogP) is 5.88. The summed E-state index contributed by atoms with van der Waals surface area (Å²) in [7, 11) is 0. The van der Waals surface area contributed by atoms with Crippen LogP contribution in [0.15, 0.2) is 60.7 Å². The van der Waals surface area contributed by atoms with E-state index in [-0.39, 0.29) is 17.2 Å². The quantitative estimate of drug-likeness (QED) is 0.607. The first-order chi connectivity index (χ1) is 14.0. The van der Waals surface area contributed by atoms with E-state index >= 15 is 0 Å². The Morgan fingerprint density at radius 3 is 2.72 bits per heavy atom. The molecule has 1 saturated carbocycles. The van der Waals surface area contributed by atoms with Gasteiger partial charge in [-0.05, 0) is 79.3 Å². The second-order valence-corrected chi connectivity index (χ2v) is 8.18. The topological polar surface area (TPSA) is 46.5 Å². The Morgan fingerprint density at radius 1 is 1.10 bits per heavy atom. The van der Waals surface area contributed by atoms with E-state index in [0.29, 0.717) is 11.3 Å². The van der Waals surface area contributed by atoms with Gasteiger partial charge in [-0.15, -0.1) is 0 Å². The summed E-state index contributed by atoms with van der Waals surface area (Å²) in [5, 5.41) is 9.36. The number of fused-ring (bicyclic) bond motifs is 2. The summed E-state index contributed by atoms with van der Waals surface area (Å²) < 4.78 is 20.3. The second-order valence-electron chi connectivity index (χ2n) is 8.18. The van der Waals surface area contributed by atoms with E-state index in [2.05, 4.69) is 0 Å². The third kappa shape index (κ3) is 3.00. The zero-order valence-electron chi connectivity index (χ0n) is 16.1. The molecule has 3 nitrogen and oxygen atoms in total. The van der Waals surface area contributed by atoms with Gasteiger partial charge in [0.1, 0.15) is 17.3 Å². The van der Waals surface area contributed by atoms with Gasteiger partial charge < -0.3 is 9.84 Å². The van der Waals surface area contributed by atoms with Crippen LogP contribution in [-0.2, 0) is 16.6 Å². The van der Waals surface area contributed by atoms with E-state index in [0.717, 1.165) is 41.7 Å². The van der Waals surface area contributed by atoms with Crippen LogP contribution in [-0.4, -0.2) is 11.1 Å². The Balaban J connectivity index is 1.41. The zero-order chi connectivity index (χ0) is 20.2. The molecule has 0 amide bonds. The Labute approximate surface area is 168 Å². The minimum absolute atomic E-state index is 0.164. The van der Waals surface area contributed by atoms with Crippen LogP contribution in [0.3, 0.4) is 0 Å². The largest absolute Gasteiger partial charge is 0.481 e. The monoisotopic (exact) mass is 388 g/mol. The Kier molecular flexibility index (Phi) is 3.98. The SMILES string of the molecule is Cc1ccc(F)c(-c2cccc(Oc3ccc4c(c3)CC[C@]43C[C@H]3C(=O)O)c2)c1. The highest BCUT2D eigenvalue weighted by atomic mass is 19.1. The van der Waals surface area contributed by atoms with Gasteiger partial charge in [0.15, 0.2) is 0 Å². The molecule has 0 aliphatic heterocycles. The van der Waals surface area contributed by atoms with Gasteiger partial charge in [0.2, 0.25) is 0 Å². The molecule has 3 aromatic carbocycles. The number of ether oxygens (including phenoxy) is 1. The number of rotatable bonds is 4. The molecule has 4 heteroatoms. The lowest BCUT2D eigenvalue weighted by atomic mass is 9.95. The van der Waals surface area contributed by atoms with E-state index in [9.17, 15) is 14.3 Å². The lowest BCUT2D eigenvalue weighted by Gasteiger charge is -2.12. The summed E-state index contributed by atoms with van der Waals surface area (Å²) in [5.41, 5.74) is 4.49. The van der Waals surface area contributed by atoms with Crippen LogP contribution in [0.2, 0.25) is 0 Å². The normalized spacial score (nSPS) is 21.8. The molecule has 0 bridgehead atoms. The fraction of sp³-hybridized carbons (Fsp3) is 0.240. The van der Waals surface area contributed by atoms with Gasteiger partial charge >= 0.3 is 5.97 Å². The van der Waals surface area contributed by atoms with Crippen molar-refractivity contribution in [3.63, 3.8) is 0 Å². The van der Waals surface area contributed by atoms with Crippen molar-refractivity contribution in [1.82, 2.24) is 0 Å². The van der Waals surface area contributed by atoms with Crippen molar-refractivity contribution in [2.75, 3.05) is 0 Å². The first kappa shape index (κ1) is 17.9. The Bertz CT molecular complexity index is 1140. The number of hydrogen-bond donors (Lipinski definition) is 1. The highest BCUT2D eigenvalue weighted by Gasteiger charge is 2.61.